The van der Waals surface area contributed by atoms with Crippen LogP contribution in [0.25, 0.3) is 0 Å². The predicted molar refractivity (Wildman–Crippen MR) is 36.8 cm³/mol. The third kappa shape index (κ3) is 3.59. The van der Waals surface area contributed by atoms with Gasteiger partial charge in [0.05, 0.1) is 0 Å². The predicted octanol–water partition coefficient (Wildman–Crippen LogP) is 1.91. The van der Waals surface area contributed by atoms with E-state index in [1.54, 1.807) is 6.08 Å². The van der Waals surface area contributed by atoms with Crippen molar-refractivity contribution < 1.29 is 0 Å². The maximum absolute atomic E-state index is 3.96. The van der Waals surface area contributed by atoms with Gasteiger partial charge in [0, 0.05) is 12.0 Å². The van der Waals surface area contributed by atoms with Gasteiger partial charge in [0.25, 0.3) is 0 Å². The van der Waals surface area contributed by atoms with Crippen LogP contribution in [0.5, 0.6) is 0 Å². The van der Waals surface area contributed by atoms with E-state index in [2.05, 4.69) is 11.0 Å². The molecule has 0 bridgehead atoms. The van der Waals surface area contributed by atoms with Crippen LogP contribution < -0.4 is 0 Å². The fourth-order valence-corrected chi connectivity index (χ4v) is 0.544. The quantitative estimate of drug-likeness (QED) is 0.395. The average Bonchev–Trinajstić information content (AvgIpc) is 1.68. The largest absolute Gasteiger partial charge is 0.222 e. The second kappa shape index (κ2) is 3.93. The van der Waals surface area contributed by atoms with Crippen LogP contribution in [0.3, 0.4) is 0 Å². The first-order valence-electron chi connectivity index (χ1n) is 2.01. The Bertz CT molecular complexity index is 86.1. The summed E-state index contributed by atoms with van der Waals surface area (Å²) in [6, 6.07) is 0. The lowest BCUT2D eigenvalue weighted by atomic mass is 10.4. The van der Waals surface area contributed by atoms with Crippen molar-refractivity contribution in [2.75, 3.05) is 6.26 Å². The summed E-state index contributed by atoms with van der Waals surface area (Å²) in [6.45, 7) is 5.46. The molecule has 0 aromatic carbocycles. The summed E-state index contributed by atoms with van der Waals surface area (Å²) in [5.41, 5.74) is 0.979. The van der Waals surface area contributed by atoms with Crippen LogP contribution in [0.1, 0.15) is 6.92 Å². The normalized spacial score (nSPS) is 11.4. The first kappa shape index (κ1) is 6.76. The zero-order valence-electron chi connectivity index (χ0n) is 4.64. The molecular weight excluding hydrogens is 106 g/mol. The Labute approximate surface area is 48.7 Å². The van der Waals surface area contributed by atoms with Crippen LogP contribution in [0.2, 0.25) is 0 Å². The van der Waals surface area contributed by atoms with Crippen LogP contribution in [0, 0.1) is 0 Å². The summed E-state index contributed by atoms with van der Waals surface area (Å²) in [7, 11) is 0. The minimum Gasteiger partial charge on any atom is -0.222 e. The zero-order chi connectivity index (χ0) is 5.70. The van der Waals surface area contributed by atoms with E-state index in [1.165, 1.54) is 11.9 Å². The molecule has 0 spiro atoms. The molecule has 0 aliphatic carbocycles. The van der Waals surface area contributed by atoms with Gasteiger partial charge in [-0.2, -0.15) is 0 Å². The summed E-state index contributed by atoms with van der Waals surface area (Å²) in [5, 5.41) is 0. The van der Waals surface area contributed by atoms with Crippen LogP contribution >= 0.6 is 11.9 Å². The molecule has 40 valence electrons. The fraction of sp³-hybridized carbons (Fsp3) is 0.400. The summed E-state index contributed by atoms with van der Waals surface area (Å²) in [5.74, 6) is 0. The monoisotopic (exact) mass is 115 g/mol. The molecule has 0 radical (unpaired) electrons. The van der Waals surface area contributed by atoms with Crippen molar-refractivity contribution in [3.8, 4) is 0 Å². The lowest BCUT2D eigenvalue weighted by Crippen LogP contribution is -1.76. The minimum absolute atomic E-state index is 0.979. The summed E-state index contributed by atoms with van der Waals surface area (Å²) < 4.78 is 3.96. The van der Waals surface area contributed by atoms with Gasteiger partial charge in [-0.05, 0) is 24.9 Å². The SMILES string of the molecule is C=CC(C)=NSC. The Balaban J connectivity index is 3.49. The van der Waals surface area contributed by atoms with Crippen LogP contribution in [0.15, 0.2) is 17.1 Å². The second-order valence-corrected chi connectivity index (χ2v) is 1.67. The van der Waals surface area contributed by atoms with Crippen molar-refractivity contribution in [2.24, 2.45) is 4.40 Å². The molecule has 0 heterocycles. The van der Waals surface area contributed by atoms with Gasteiger partial charge in [0.1, 0.15) is 0 Å². The van der Waals surface area contributed by atoms with Crippen molar-refractivity contribution in [1.29, 1.82) is 0 Å². The summed E-state index contributed by atoms with van der Waals surface area (Å²) in [6.07, 6.45) is 3.66. The van der Waals surface area contributed by atoms with Gasteiger partial charge < -0.3 is 0 Å². The molecule has 0 amide bonds. The maximum Gasteiger partial charge on any atom is 0.0449 e. The molecule has 7 heavy (non-hydrogen) atoms. The molecule has 0 aromatic heterocycles. The molecule has 0 aliphatic rings. The van der Waals surface area contributed by atoms with Gasteiger partial charge in [0.15, 0.2) is 0 Å². The third-order valence-corrected chi connectivity index (χ3v) is 1.00. The lowest BCUT2D eigenvalue weighted by molar-refractivity contribution is 1.78. The van der Waals surface area contributed by atoms with E-state index < -0.39 is 0 Å². The molecule has 2 heteroatoms. The smallest absolute Gasteiger partial charge is 0.0449 e. The van der Waals surface area contributed by atoms with Gasteiger partial charge in [-0.15, -0.1) is 0 Å². The Kier molecular flexibility index (Phi) is 3.80. The van der Waals surface area contributed by atoms with Crippen LogP contribution in [0.4, 0.5) is 0 Å². The van der Waals surface area contributed by atoms with E-state index in [4.69, 9.17) is 0 Å². The molecule has 0 N–H and O–H groups in total. The highest BCUT2D eigenvalue weighted by Gasteiger charge is 1.73. The number of rotatable bonds is 2. The molecule has 0 aliphatic heterocycles. The Hall–Kier alpha value is -0.240. The Morgan fingerprint density at radius 1 is 1.86 bits per heavy atom. The van der Waals surface area contributed by atoms with Crippen LogP contribution in [-0.2, 0) is 0 Å². The molecule has 0 fully saturated rings. The van der Waals surface area contributed by atoms with Gasteiger partial charge in [0.2, 0.25) is 0 Å². The van der Waals surface area contributed by atoms with E-state index in [9.17, 15) is 0 Å². The number of hydrogen-bond acceptors (Lipinski definition) is 2. The van der Waals surface area contributed by atoms with E-state index in [0.29, 0.717) is 0 Å². The molecule has 0 atom stereocenters. The minimum atomic E-state index is 0.979. The molecule has 1 nitrogen and oxygen atoms in total. The van der Waals surface area contributed by atoms with Gasteiger partial charge >= 0.3 is 0 Å². The summed E-state index contributed by atoms with van der Waals surface area (Å²) >= 11 is 1.45. The highest BCUT2D eigenvalue weighted by atomic mass is 32.2. The fourth-order valence-electron chi connectivity index (χ4n) is 0.181. The van der Waals surface area contributed by atoms with Crippen LogP contribution in [-0.4, -0.2) is 12.0 Å². The van der Waals surface area contributed by atoms with Crippen molar-refractivity contribution >= 4 is 17.7 Å². The highest BCUT2D eigenvalue weighted by Crippen LogP contribution is 1.93. The molecule has 0 unspecified atom stereocenters. The van der Waals surface area contributed by atoms with Crippen molar-refractivity contribution in [3.05, 3.63) is 12.7 Å². The Morgan fingerprint density at radius 2 is 2.43 bits per heavy atom. The van der Waals surface area contributed by atoms with Crippen molar-refractivity contribution in [2.45, 2.75) is 6.92 Å². The average molecular weight is 115 g/mol. The topological polar surface area (TPSA) is 12.4 Å². The molecule has 0 rings (SSSR count). The first-order valence-corrected chi connectivity index (χ1v) is 3.19. The number of hydrogen-bond donors (Lipinski definition) is 0. The van der Waals surface area contributed by atoms with Gasteiger partial charge in [-0.1, -0.05) is 6.58 Å². The van der Waals surface area contributed by atoms with E-state index >= 15 is 0 Å². The molecular formula is C5H9NS. The molecule has 0 saturated heterocycles. The van der Waals surface area contributed by atoms with Gasteiger partial charge in [-0.3, -0.25) is 0 Å². The standard InChI is InChI=1S/C5H9NS/c1-4-5(2)6-7-3/h4H,1H2,2-3H3. The number of nitrogens with zero attached hydrogens (tertiary/aromatic N) is 1. The maximum atomic E-state index is 3.96. The van der Waals surface area contributed by atoms with E-state index in [1.807, 2.05) is 13.2 Å². The van der Waals surface area contributed by atoms with E-state index in [0.717, 1.165) is 5.71 Å². The molecule has 0 saturated carbocycles. The summed E-state index contributed by atoms with van der Waals surface area (Å²) in [4.78, 5) is 0. The van der Waals surface area contributed by atoms with Crippen molar-refractivity contribution in [3.63, 3.8) is 0 Å². The Morgan fingerprint density at radius 3 is 2.57 bits per heavy atom. The van der Waals surface area contributed by atoms with Crippen molar-refractivity contribution in [1.82, 2.24) is 0 Å². The van der Waals surface area contributed by atoms with Gasteiger partial charge in [-0.25, -0.2) is 4.40 Å². The first-order chi connectivity index (χ1) is 3.31. The molecule has 0 aromatic rings. The second-order valence-electron chi connectivity index (χ2n) is 1.12. The lowest BCUT2D eigenvalue weighted by Gasteiger charge is -1.82. The number of allylic oxidation sites excluding steroid dienone is 1. The zero-order valence-corrected chi connectivity index (χ0v) is 5.46. The van der Waals surface area contributed by atoms with E-state index in [-0.39, 0.29) is 0 Å². The highest BCUT2D eigenvalue weighted by molar-refractivity contribution is 7.97. The third-order valence-electron chi connectivity index (χ3n) is 0.531.